The van der Waals surface area contributed by atoms with Crippen LogP contribution in [0.15, 0.2) is 59.8 Å². The molecule has 32 heavy (non-hydrogen) atoms. The number of fused-ring (bicyclic) bond motifs is 3. The van der Waals surface area contributed by atoms with E-state index in [1.54, 1.807) is 9.20 Å². The minimum Gasteiger partial charge on any atom is -0.469 e. The van der Waals surface area contributed by atoms with Gasteiger partial charge >= 0.3 is 5.97 Å². The number of benzene rings is 2. The first-order valence-electron chi connectivity index (χ1n) is 9.63. The molecule has 2 aromatic carbocycles. The van der Waals surface area contributed by atoms with E-state index < -0.39 is 5.97 Å². The van der Waals surface area contributed by atoms with Crippen molar-refractivity contribution in [1.29, 1.82) is 0 Å². The summed E-state index contributed by atoms with van der Waals surface area (Å²) in [5.41, 5.74) is 3.39. The maximum absolute atomic E-state index is 11.9. The second-order valence-electron chi connectivity index (χ2n) is 6.84. The molecule has 0 saturated heterocycles. The molecule has 0 aliphatic heterocycles. The normalized spacial score (nSPS) is 11.3. The largest absolute Gasteiger partial charge is 0.469 e. The number of carbonyl (C=O) groups excluding carboxylic acids is 1. The molecule has 0 N–H and O–H groups in total. The van der Waals surface area contributed by atoms with Crippen LogP contribution >= 0.6 is 23.4 Å². The van der Waals surface area contributed by atoms with Crippen LogP contribution in [0.25, 0.3) is 22.6 Å². The van der Waals surface area contributed by atoms with Gasteiger partial charge in [-0.1, -0.05) is 53.7 Å². The highest BCUT2D eigenvalue weighted by Gasteiger charge is 2.21. The third-order valence-electron chi connectivity index (χ3n) is 4.74. The van der Waals surface area contributed by atoms with Gasteiger partial charge in [0.2, 0.25) is 5.16 Å². The van der Waals surface area contributed by atoms with Crippen LogP contribution in [0.3, 0.4) is 0 Å². The maximum Gasteiger partial charge on any atom is 0.311 e. The lowest BCUT2D eigenvalue weighted by Gasteiger charge is -2.03. The highest BCUT2D eigenvalue weighted by atomic mass is 35.5. The predicted octanol–water partition coefficient (Wildman–Crippen LogP) is 3.52. The molecule has 0 unspecified atom stereocenters. The van der Waals surface area contributed by atoms with Crippen LogP contribution in [0.5, 0.6) is 0 Å². The van der Waals surface area contributed by atoms with Crippen LogP contribution < -0.4 is 0 Å². The number of esters is 1. The summed E-state index contributed by atoms with van der Waals surface area (Å²) in [6.07, 6.45) is -0.0279. The molecule has 9 nitrogen and oxygen atoms in total. The average molecular weight is 466 g/mol. The van der Waals surface area contributed by atoms with E-state index >= 15 is 0 Å². The fourth-order valence-electron chi connectivity index (χ4n) is 3.19. The number of para-hydroxylation sites is 1. The zero-order chi connectivity index (χ0) is 22.1. The van der Waals surface area contributed by atoms with Crippen molar-refractivity contribution in [3.63, 3.8) is 0 Å². The summed E-state index contributed by atoms with van der Waals surface area (Å²) in [5.74, 6) is 0.609. The molecule has 0 spiro atoms. The summed E-state index contributed by atoms with van der Waals surface area (Å²) in [7, 11) is 1.34. The van der Waals surface area contributed by atoms with Crippen molar-refractivity contribution in [3.05, 3.63) is 70.9 Å². The second kappa shape index (κ2) is 8.56. The molecule has 0 amide bonds. The van der Waals surface area contributed by atoms with Crippen LogP contribution in [0, 0.1) is 0 Å². The number of aromatic nitrogens is 7. The van der Waals surface area contributed by atoms with Gasteiger partial charge in [-0.2, -0.15) is 14.6 Å². The Morgan fingerprint density at radius 2 is 1.84 bits per heavy atom. The summed E-state index contributed by atoms with van der Waals surface area (Å²) in [6.45, 7) is 0. The molecule has 0 aliphatic carbocycles. The fourth-order valence-corrected chi connectivity index (χ4v) is 4.09. The summed E-state index contributed by atoms with van der Waals surface area (Å²) in [5, 5.41) is 19.0. The van der Waals surface area contributed by atoms with Crippen LogP contribution in [0.4, 0.5) is 0 Å². The van der Waals surface area contributed by atoms with Gasteiger partial charge in [0, 0.05) is 10.8 Å². The van der Waals surface area contributed by atoms with Crippen molar-refractivity contribution in [3.8, 4) is 5.69 Å². The van der Waals surface area contributed by atoms with Gasteiger partial charge in [0.05, 0.1) is 19.2 Å². The fraction of sp³-hybridized carbons (Fsp3) is 0.143. The zero-order valence-electron chi connectivity index (χ0n) is 16.8. The van der Waals surface area contributed by atoms with Gasteiger partial charge in [-0.05, 0) is 29.8 Å². The van der Waals surface area contributed by atoms with Gasteiger partial charge in [-0.3, -0.25) is 4.79 Å². The highest BCUT2D eigenvalue weighted by molar-refractivity contribution is 7.98. The molecular weight excluding hydrogens is 450 g/mol. The first-order valence-corrected chi connectivity index (χ1v) is 11.0. The quantitative estimate of drug-likeness (QED) is 0.277. The lowest BCUT2D eigenvalue weighted by molar-refractivity contribution is -0.139. The Bertz CT molecular complexity index is 1420. The van der Waals surface area contributed by atoms with E-state index in [-0.39, 0.29) is 6.42 Å². The topological polar surface area (TPSA) is 100 Å². The molecule has 160 valence electrons. The second-order valence-corrected chi connectivity index (χ2v) is 8.22. The Hall–Kier alpha value is -3.50. The van der Waals surface area contributed by atoms with E-state index in [1.807, 2.05) is 54.6 Å². The SMILES string of the molecule is COC(=O)Cc1nn(-c2ccccc2)c2c1nnc1nc(SCc3ccc(Cl)cc3)nn12. The molecule has 0 radical (unpaired) electrons. The monoisotopic (exact) mass is 465 g/mol. The molecule has 5 aromatic rings. The van der Waals surface area contributed by atoms with Gasteiger partial charge < -0.3 is 4.74 Å². The molecular formula is C21H16ClN7O2S. The number of rotatable bonds is 6. The smallest absolute Gasteiger partial charge is 0.311 e. The Morgan fingerprint density at radius 1 is 1.06 bits per heavy atom. The number of hydrogen-bond acceptors (Lipinski definition) is 8. The molecule has 0 saturated carbocycles. The minimum absolute atomic E-state index is 0.0279. The third kappa shape index (κ3) is 3.90. The van der Waals surface area contributed by atoms with E-state index in [1.165, 1.54) is 18.9 Å². The number of nitrogens with zero attached hydrogens (tertiary/aromatic N) is 7. The summed E-state index contributed by atoms with van der Waals surface area (Å²) >= 11 is 7.44. The van der Waals surface area contributed by atoms with Crippen molar-refractivity contribution in [2.75, 3.05) is 7.11 Å². The van der Waals surface area contributed by atoms with Crippen LogP contribution in [-0.2, 0) is 21.7 Å². The first kappa shape index (κ1) is 20.4. The summed E-state index contributed by atoms with van der Waals surface area (Å²) in [4.78, 5) is 16.4. The van der Waals surface area contributed by atoms with E-state index in [2.05, 4.69) is 25.4 Å². The third-order valence-corrected chi connectivity index (χ3v) is 5.90. The van der Waals surface area contributed by atoms with E-state index in [4.69, 9.17) is 16.3 Å². The van der Waals surface area contributed by atoms with Crippen LogP contribution in [-0.4, -0.2) is 47.7 Å². The van der Waals surface area contributed by atoms with Crippen molar-refractivity contribution < 1.29 is 9.53 Å². The van der Waals surface area contributed by atoms with Crippen LogP contribution in [0.1, 0.15) is 11.3 Å². The number of carbonyl (C=O) groups is 1. The Balaban J connectivity index is 1.59. The van der Waals surface area contributed by atoms with Crippen LogP contribution in [0.2, 0.25) is 5.02 Å². The van der Waals surface area contributed by atoms with E-state index in [0.717, 1.165) is 11.3 Å². The molecule has 3 heterocycles. The Morgan fingerprint density at radius 3 is 2.59 bits per heavy atom. The van der Waals surface area contributed by atoms with Crippen molar-refractivity contribution in [1.82, 2.24) is 34.6 Å². The average Bonchev–Trinajstić information content (AvgIpc) is 3.40. The minimum atomic E-state index is -0.413. The zero-order valence-corrected chi connectivity index (χ0v) is 18.4. The lowest BCUT2D eigenvalue weighted by atomic mass is 10.2. The van der Waals surface area contributed by atoms with Gasteiger partial charge in [-0.15, -0.1) is 15.3 Å². The van der Waals surface area contributed by atoms with Crippen molar-refractivity contribution in [2.45, 2.75) is 17.3 Å². The number of thioether (sulfide) groups is 1. The van der Waals surface area contributed by atoms with Gasteiger partial charge in [0.25, 0.3) is 5.78 Å². The molecule has 0 atom stereocenters. The van der Waals surface area contributed by atoms with Gasteiger partial charge in [0.1, 0.15) is 5.69 Å². The summed E-state index contributed by atoms with van der Waals surface area (Å²) in [6, 6.07) is 17.2. The number of hydrogen-bond donors (Lipinski definition) is 0. The Kier molecular flexibility index (Phi) is 5.46. The standard InChI is InChI=1S/C21H16ClN7O2S/c1-31-17(30)11-16-18-19(28(26-16)15-5-3-2-4-6-15)29-20(25-24-18)23-21(27-29)32-12-13-7-9-14(22)10-8-13/h2-10H,11-12H2,1H3. The molecule has 0 fully saturated rings. The molecule has 0 bridgehead atoms. The van der Waals surface area contributed by atoms with Crippen molar-refractivity contribution >= 4 is 46.3 Å². The van der Waals surface area contributed by atoms with E-state index in [9.17, 15) is 4.79 Å². The molecule has 11 heteroatoms. The lowest BCUT2D eigenvalue weighted by Crippen LogP contribution is -2.06. The molecule has 0 aliphatic rings. The number of methoxy groups -OCH3 is 1. The molecule has 5 rings (SSSR count). The predicted molar refractivity (Wildman–Crippen MR) is 120 cm³/mol. The van der Waals surface area contributed by atoms with Gasteiger partial charge in [-0.25, -0.2) is 4.68 Å². The Labute approximate surface area is 191 Å². The molecule has 3 aromatic heterocycles. The van der Waals surface area contributed by atoms with Crippen molar-refractivity contribution in [2.24, 2.45) is 0 Å². The summed E-state index contributed by atoms with van der Waals surface area (Å²) < 4.78 is 8.10. The highest BCUT2D eigenvalue weighted by Crippen LogP contribution is 2.24. The number of ether oxygens (including phenoxy) is 1. The first-order chi connectivity index (χ1) is 15.6. The number of halogens is 1. The van der Waals surface area contributed by atoms with E-state index in [0.29, 0.717) is 38.6 Å². The van der Waals surface area contributed by atoms with Gasteiger partial charge in [0.15, 0.2) is 11.2 Å². The maximum atomic E-state index is 11.9.